The van der Waals surface area contributed by atoms with Crippen molar-refractivity contribution < 1.29 is 9.53 Å². The number of hydrogen-bond acceptors (Lipinski definition) is 3. The molecule has 1 amide bonds. The topological polar surface area (TPSA) is 67.0 Å². The molecule has 1 aromatic heterocycles. The molecule has 0 aliphatic heterocycles. The molecule has 0 spiro atoms. The van der Waals surface area contributed by atoms with Crippen molar-refractivity contribution in [2.45, 2.75) is 26.2 Å². The van der Waals surface area contributed by atoms with Crippen molar-refractivity contribution in [2.24, 2.45) is 0 Å². The Kier molecular flexibility index (Phi) is 5.55. The average Bonchev–Trinajstić information content (AvgIpc) is 2.90. The number of aromatic amines is 1. The van der Waals surface area contributed by atoms with Gasteiger partial charge in [-0.3, -0.25) is 9.89 Å². The molecular formula is C15H21N3O2. The first-order valence-corrected chi connectivity index (χ1v) is 7.12. The van der Waals surface area contributed by atoms with Gasteiger partial charge in [0.2, 0.25) is 0 Å². The molecule has 0 unspecified atom stereocenters. The van der Waals surface area contributed by atoms with Gasteiger partial charge in [-0.1, -0.05) is 31.5 Å². The van der Waals surface area contributed by atoms with Crippen LogP contribution in [0.25, 0.3) is 10.9 Å². The monoisotopic (exact) mass is 275 g/mol. The fraction of sp³-hybridized carbons (Fsp3) is 0.467. The van der Waals surface area contributed by atoms with Crippen molar-refractivity contribution in [3.8, 4) is 0 Å². The number of amides is 1. The summed E-state index contributed by atoms with van der Waals surface area (Å²) in [4.78, 5) is 12.0. The van der Waals surface area contributed by atoms with Gasteiger partial charge in [0.05, 0.1) is 5.52 Å². The number of ether oxygens (including phenoxy) is 1. The number of rotatable bonds is 8. The lowest BCUT2D eigenvalue weighted by Crippen LogP contribution is -2.25. The molecular weight excluding hydrogens is 254 g/mol. The van der Waals surface area contributed by atoms with E-state index in [2.05, 4.69) is 22.4 Å². The standard InChI is InChI=1S/C15H21N3O2/c1-2-3-10-20-11-6-9-16-15(19)14-12-7-4-5-8-13(12)17-18-14/h4-5,7-8H,2-3,6,9-11H2,1H3,(H,16,19)(H,17,18). The summed E-state index contributed by atoms with van der Waals surface area (Å²) in [7, 11) is 0. The third-order valence-electron chi connectivity index (χ3n) is 3.08. The fourth-order valence-electron chi connectivity index (χ4n) is 1.94. The van der Waals surface area contributed by atoms with Gasteiger partial charge in [0, 0.05) is 25.1 Å². The molecule has 0 saturated heterocycles. The second-order valence-corrected chi connectivity index (χ2v) is 4.69. The van der Waals surface area contributed by atoms with Crippen molar-refractivity contribution in [3.63, 3.8) is 0 Å². The molecule has 2 N–H and O–H groups in total. The molecule has 0 radical (unpaired) electrons. The van der Waals surface area contributed by atoms with E-state index in [4.69, 9.17) is 4.74 Å². The average molecular weight is 275 g/mol. The van der Waals surface area contributed by atoms with Gasteiger partial charge in [-0.15, -0.1) is 0 Å². The smallest absolute Gasteiger partial charge is 0.272 e. The van der Waals surface area contributed by atoms with E-state index in [9.17, 15) is 4.79 Å². The van der Waals surface area contributed by atoms with Crippen LogP contribution in [0, 0.1) is 0 Å². The normalized spacial score (nSPS) is 10.8. The molecule has 0 fully saturated rings. The Balaban J connectivity index is 1.75. The maximum atomic E-state index is 12.0. The lowest BCUT2D eigenvalue weighted by Gasteiger charge is -2.04. The van der Waals surface area contributed by atoms with Gasteiger partial charge >= 0.3 is 0 Å². The quantitative estimate of drug-likeness (QED) is 0.727. The van der Waals surface area contributed by atoms with Gasteiger partial charge in [0.15, 0.2) is 5.69 Å². The lowest BCUT2D eigenvalue weighted by molar-refractivity contribution is 0.0937. The number of carbonyl (C=O) groups is 1. The van der Waals surface area contributed by atoms with Crippen molar-refractivity contribution in [2.75, 3.05) is 19.8 Å². The third-order valence-corrected chi connectivity index (χ3v) is 3.08. The number of nitrogens with zero attached hydrogens (tertiary/aromatic N) is 1. The molecule has 0 aliphatic rings. The van der Waals surface area contributed by atoms with Crippen LogP contribution in [-0.2, 0) is 4.74 Å². The number of hydrogen-bond donors (Lipinski definition) is 2. The third kappa shape index (κ3) is 3.81. The minimum absolute atomic E-state index is 0.143. The number of unbranched alkanes of at least 4 members (excludes halogenated alkanes) is 1. The molecule has 0 aliphatic carbocycles. The second-order valence-electron chi connectivity index (χ2n) is 4.69. The Morgan fingerprint density at radius 1 is 1.30 bits per heavy atom. The van der Waals surface area contributed by atoms with Gasteiger partial charge in [0.1, 0.15) is 0 Å². The number of carbonyl (C=O) groups excluding carboxylic acids is 1. The van der Waals surface area contributed by atoms with E-state index in [1.165, 1.54) is 0 Å². The molecule has 5 heteroatoms. The molecule has 0 saturated carbocycles. The van der Waals surface area contributed by atoms with Crippen molar-refractivity contribution in [1.82, 2.24) is 15.5 Å². The van der Waals surface area contributed by atoms with Crippen LogP contribution >= 0.6 is 0 Å². The van der Waals surface area contributed by atoms with E-state index >= 15 is 0 Å². The summed E-state index contributed by atoms with van der Waals surface area (Å²) in [5.41, 5.74) is 1.33. The molecule has 0 atom stereocenters. The fourth-order valence-corrected chi connectivity index (χ4v) is 1.94. The highest BCUT2D eigenvalue weighted by Crippen LogP contribution is 2.14. The summed E-state index contributed by atoms with van der Waals surface area (Å²) in [6.07, 6.45) is 3.05. The molecule has 2 aromatic rings. The molecule has 20 heavy (non-hydrogen) atoms. The van der Waals surface area contributed by atoms with Crippen molar-refractivity contribution >= 4 is 16.8 Å². The molecule has 5 nitrogen and oxygen atoms in total. The Morgan fingerprint density at radius 2 is 2.10 bits per heavy atom. The summed E-state index contributed by atoms with van der Waals surface area (Å²) < 4.78 is 5.44. The lowest BCUT2D eigenvalue weighted by atomic mass is 10.2. The summed E-state index contributed by atoms with van der Waals surface area (Å²) in [5, 5.41) is 10.6. The molecule has 108 valence electrons. The van der Waals surface area contributed by atoms with Crippen LogP contribution in [0.3, 0.4) is 0 Å². The van der Waals surface area contributed by atoms with E-state index in [0.29, 0.717) is 18.8 Å². The Morgan fingerprint density at radius 3 is 2.95 bits per heavy atom. The molecule has 1 heterocycles. The summed E-state index contributed by atoms with van der Waals surface area (Å²) in [5.74, 6) is -0.143. The number of aromatic nitrogens is 2. The maximum Gasteiger partial charge on any atom is 0.272 e. The highest BCUT2D eigenvalue weighted by Gasteiger charge is 2.12. The SMILES string of the molecule is CCCCOCCCNC(=O)c1n[nH]c2ccccc12. The van der Waals surface area contributed by atoms with Gasteiger partial charge < -0.3 is 10.1 Å². The molecule has 0 bridgehead atoms. The first kappa shape index (κ1) is 14.5. The van der Waals surface area contributed by atoms with Gasteiger partial charge in [0.25, 0.3) is 5.91 Å². The van der Waals surface area contributed by atoms with E-state index < -0.39 is 0 Å². The van der Waals surface area contributed by atoms with Gasteiger partial charge in [-0.2, -0.15) is 5.10 Å². The Hall–Kier alpha value is -1.88. The highest BCUT2D eigenvalue weighted by atomic mass is 16.5. The zero-order valence-electron chi connectivity index (χ0n) is 11.8. The van der Waals surface area contributed by atoms with Crippen LogP contribution in [-0.4, -0.2) is 35.9 Å². The number of para-hydroxylation sites is 1. The first-order valence-electron chi connectivity index (χ1n) is 7.12. The Bertz CT molecular complexity index is 551. The zero-order valence-corrected chi connectivity index (χ0v) is 11.8. The maximum absolute atomic E-state index is 12.0. The molecule has 2 rings (SSSR count). The van der Waals surface area contributed by atoms with Crippen LogP contribution in [0.5, 0.6) is 0 Å². The number of nitrogens with one attached hydrogen (secondary N) is 2. The van der Waals surface area contributed by atoms with Gasteiger partial charge in [-0.25, -0.2) is 0 Å². The highest BCUT2D eigenvalue weighted by molar-refractivity contribution is 6.04. The predicted molar refractivity (Wildman–Crippen MR) is 78.8 cm³/mol. The minimum Gasteiger partial charge on any atom is -0.381 e. The molecule has 1 aromatic carbocycles. The minimum atomic E-state index is -0.143. The second kappa shape index (κ2) is 7.65. The largest absolute Gasteiger partial charge is 0.381 e. The van der Waals surface area contributed by atoms with Crippen LogP contribution in [0.4, 0.5) is 0 Å². The summed E-state index contributed by atoms with van der Waals surface area (Å²) >= 11 is 0. The number of H-pyrrole nitrogens is 1. The van der Waals surface area contributed by atoms with Crippen LogP contribution < -0.4 is 5.32 Å². The van der Waals surface area contributed by atoms with Crippen LogP contribution in [0.1, 0.15) is 36.7 Å². The van der Waals surface area contributed by atoms with E-state index in [-0.39, 0.29) is 5.91 Å². The van der Waals surface area contributed by atoms with E-state index in [0.717, 1.165) is 36.8 Å². The van der Waals surface area contributed by atoms with E-state index in [1.807, 2.05) is 24.3 Å². The van der Waals surface area contributed by atoms with Crippen LogP contribution in [0.15, 0.2) is 24.3 Å². The first-order chi connectivity index (χ1) is 9.83. The van der Waals surface area contributed by atoms with Crippen LogP contribution in [0.2, 0.25) is 0 Å². The summed E-state index contributed by atoms with van der Waals surface area (Å²) in [6.45, 7) is 4.22. The van der Waals surface area contributed by atoms with Crippen molar-refractivity contribution in [1.29, 1.82) is 0 Å². The summed E-state index contributed by atoms with van der Waals surface area (Å²) in [6, 6.07) is 7.61. The number of fused-ring (bicyclic) bond motifs is 1. The van der Waals surface area contributed by atoms with Gasteiger partial charge in [-0.05, 0) is 18.9 Å². The van der Waals surface area contributed by atoms with E-state index in [1.54, 1.807) is 0 Å². The van der Waals surface area contributed by atoms with Crippen molar-refractivity contribution in [3.05, 3.63) is 30.0 Å². The zero-order chi connectivity index (χ0) is 14.2. The predicted octanol–water partition coefficient (Wildman–Crippen LogP) is 2.50. The Labute approximate surface area is 118 Å². The number of benzene rings is 1.